The minimum atomic E-state index is -4.68. The van der Waals surface area contributed by atoms with Crippen molar-refractivity contribution in [3.05, 3.63) is 48.0 Å². The Hall–Kier alpha value is -2.68. The Bertz CT molecular complexity index is 948. The van der Waals surface area contributed by atoms with Crippen LogP contribution >= 0.6 is 0 Å². The fraction of sp³-hybridized carbons (Fsp3) is 0.278. The summed E-state index contributed by atoms with van der Waals surface area (Å²) in [7, 11) is -4.68. The van der Waals surface area contributed by atoms with Crippen LogP contribution in [-0.4, -0.2) is 33.2 Å². The van der Waals surface area contributed by atoms with Gasteiger partial charge in [-0.3, -0.25) is 4.79 Å². The van der Waals surface area contributed by atoms with Gasteiger partial charge in [0.05, 0.1) is 10.6 Å². The molecule has 144 valence electrons. The van der Waals surface area contributed by atoms with E-state index in [0.717, 1.165) is 17.3 Å². The van der Waals surface area contributed by atoms with E-state index in [1.165, 1.54) is 12.1 Å². The smallest absolute Gasteiger partial charge is 0.341 e. The number of rotatable bonds is 7. The lowest BCUT2D eigenvalue weighted by Crippen LogP contribution is -2.19. The highest BCUT2D eigenvalue weighted by Gasteiger charge is 2.28. The van der Waals surface area contributed by atoms with Crippen molar-refractivity contribution in [2.45, 2.75) is 23.5 Å². The van der Waals surface area contributed by atoms with Crippen molar-refractivity contribution in [3.8, 4) is 5.75 Å². The van der Waals surface area contributed by atoms with Crippen LogP contribution in [0.3, 0.4) is 0 Å². The number of hydrogen-bond acceptors (Lipinski definition) is 5. The van der Waals surface area contributed by atoms with E-state index >= 15 is 0 Å². The number of alkyl halides is 2. The van der Waals surface area contributed by atoms with Gasteiger partial charge in [-0.15, -0.1) is 0 Å². The number of amides is 1. The second kappa shape index (κ2) is 7.91. The van der Waals surface area contributed by atoms with E-state index < -0.39 is 20.5 Å². The van der Waals surface area contributed by atoms with Crippen LogP contribution in [0.2, 0.25) is 0 Å². The second-order valence-electron chi connectivity index (χ2n) is 5.94. The third-order valence-corrected chi connectivity index (χ3v) is 5.52. The number of fused-ring (bicyclic) bond motifs is 1. The fourth-order valence-corrected chi connectivity index (χ4v) is 3.67. The summed E-state index contributed by atoms with van der Waals surface area (Å²) in [6.07, 6.45) is 1.06. The molecule has 2 aromatic carbocycles. The van der Waals surface area contributed by atoms with Crippen LogP contribution in [0, 0.1) is 0 Å². The van der Waals surface area contributed by atoms with Crippen molar-refractivity contribution in [1.82, 2.24) is 0 Å². The number of ether oxygens (including phenoxy) is 1. The zero-order valence-corrected chi connectivity index (χ0v) is 15.1. The van der Waals surface area contributed by atoms with Crippen molar-refractivity contribution in [2.75, 3.05) is 23.8 Å². The van der Waals surface area contributed by atoms with Crippen LogP contribution in [0.5, 0.6) is 5.75 Å². The molecule has 9 heteroatoms. The standard InChI is InChI=1S/C18H18F2N2O4S/c19-18(20)27(24,25)16-4-2-1-3-15(16)21-9-10-26-13-6-7-14-12(11-13)5-8-17(23)22-14/h1-4,6-7,11,18,21H,5,8-10H2,(H,22,23). The Morgan fingerprint density at radius 1 is 1.15 bits per heavy atom. The molecule has 6 nitrogen and oxygen atoms in total. The lowest BCUT2D eigenvalue weighted by molar-refractivity contribution is -0.116. The average molecular weight is 396 g/mol. The van der Waals surface area contributed by atoms with Crippen LogP contribution in [-0.2, 0) is 21.1 Å². The van der Waals surface area contributed by atoms with E-state index in [1.54, 1.807) is 18.2 Å². The monoisotopic (exact) mass is 396 g/mol. The Kier molecular flexibility index (Phi) is 5.59. The highest BCUT2D eigenvalue weighted by atomic mass is 32.2. The minimum absolute atomic E-state index is 0.0159. The summed E-state index contributed by atoms with van der Waals surface area (Å²) in [6.45, 7) is 0.428. The summed E-state index contributed by atoms with van der Waals surface area (Å²) >= 11 is 0. The molecule has 0 bridgehead atoms. The van der Waals surface area contributed by atoms with E-state index in [9.17, 15) is 22.0 Å². The molecule has 3 rings (SSSR count). The molecule has 0 unspecified atom stereocenters. The predicted octanol–water partition coefficient (Wildman–Crippen LogP) is 3.06. The molecule has 0 saturated carbocycles. The van der Waals surface area contributed by atoms with Gasteiger partial charge >= 0.3 is 5.76 Å². The third kappa shape index (κ3) is 4.36. The van der Waals surface area contributed by atoms with Crippen molar-refractivity contribution < 1.29 is 26.7 Å². The number of nitrogens with one attached hydrogen (secondary N) is 2. The Balaban J connectivity index is 1.60. The largest absolute Gasteiger partial charge is 0.492 e. The number of benzene rings is 2. The zero-order valence-electron chi connectivity index (χ0n) is 14.2. The summed E-state index contributed by atoms with van der Waals surface area (Å²) < 4.78 is 54.6. The first-order valence-corrected chi connectivity index (χ1v) is 9.83. The number of hydrogen-bond donors (Lipinski definition) is 2. The normalized spacial score (nSPS) is 13.8. The number of anilines is 2. The fourth-order valence-electron chi connectivity index (χ4n) is 2.76. The van der Waals surface area contributed by atoms with Crippen molar-refractivity contribution in [1.29, 1.82) is 0 Å². The van der Waals surface area contributed by atoms with Gasteiger partial charge in [-0.05, 0) is 42.3 Å². The Morgan fingerprint density at radius 2 is 1.93 bits per heavy atom. The molecule has 2 N–H and O–H groups in total. The molecule has 1 amide bonds. The molecular formula is C18H18F2N2O4S. The summed E-state index contributed by atoms with van der Waals surface area (Å²) in [5, 5.41) is 5.60. The van der Waals surface area contributed by atoms with Gasteiger partial charge in [-0.2, -0.15) is 8.78 Å². The van der Waals surface area contributed by atoms with Crippen molar-refractivity contribution >= 4 is 27.1 Å². The molecule has 0 atom stereocenters. The number of sulfone groups is 1. The Morgan fingerprint density at radius 3 is 2.70 bits per heavy atom. The Labute approximate surface area is 155 Å². The molecule has 0 aliphatic carbocycles. The minimum Gasteiger partial charge on any atom is -0.492 e. The molecule has 0 radical (unpaired) electrons. The highest BCUT2D eigenvalue weighted by Crippen LogP contribution is 2.27. The number of para-hydroxylation sites is 1. The van der Waals surface area contributed by atoms with E-state index in [-0.39, 0.29) is 24.7 Å². The number of carbonyl (C=O) groups excluding carboxylic acids is 1. The van der Waals surface area contributed by atoms with Gasteiger partial charge in [0.25, 0.3) is 0 Å². The number of aryl methyl sites for hydroxylation is 1. The maximum absolute atomic E-state index is 12.8. The average Bonchev–Trinajstić information content (AvgIpc) is 2.65. The third-order valence-electron chi connectivity index (χ3n) is 4.09. The van der Waals surface area contributed by atoms with Crippen LogP contribution in [0.15, 0.2) is 47.4 Å². The molecule has 0 fully saturated rings. The molecule has 0 spiro atoms. The van der Waals surface area contributed by atoms with E-state index in [4.69, 9.17) is 4.74 Å². The van der Waals surface area contributed by atoms with Crippen molar-refractivity contribution in [2.24, 2.45) is 0 Å². The lowest BCUT2D eigenvalue weighted by atomic mass is 10.0. The first-order chi connectivity index (χ1) is 12.9. The lowest BCUT2D eigenvalue weighted by Gasteiger charge is -2.18. The highest BCUT2D eigenvalue weighted by molar-refractivity contribution is 7.91. The molecule has 1 aliphatic rings. The molecule has 0 saturated heterocycles. The van der Waals surface area contributed by atoms with Crippen LogP contribution in [0.1, 0.15) is 12.0 Å². The molecule has 0 aromatic heterocycles. The topological polar surface area (TPSA) is 84.5 Å². The number of carbonyl (C=O) groups is 1. The van der Waals surface area contributed by atoms with Crippen LogP contribution in [0.4, 0.5) is 20.2 Å². The van der Waals surface area contributed by atoms with Gasteiger partial charge in [0.1, 0.15) is 12.4 Å². The first kappa shape index (κ1) is 19.1. The van der Waals surface area contributed by atoms with E-state index in [0.29, 0.717) is 18.6 Å². The second-order valence-corrected chi connectivity index (χ2v) is 7.83. The quantitative estimate of drug-likeness (QED) is 0.703. The van der Waals surface area contributed by atoms with Crippen LogP contribution in [0.25, 0.3) is 0 Å². The summed E-state index contributed by atoms with van der Waals surface area (Å²) in [5.74, 6) is -2.88. The summed E-state index contributed by atoms with van der Waals surface area (Å²) in [4.78, 5) is 10.9. The molecular weight excluding hydrogens is 378 g/mol. The molecule has 1 heterocycles. The zero-order chi connectivity index (χ0) is 19.4. The van der Waals surface area contributed by atoms with Gasteiger partial charge in [0.15, 0.2) is 0 Å². The SMILES string of the molecule is O=C1CCc2cc(OCCNc3ccccc3S(=O)(=O)C(F)F)ccc2N1. The maximum Gasteiger partial charge on any atom is 0.341 e. The van der Waals surface area contributed by atoms with Gasteiger partial charge in [0.2, 0.25) is 15.7 Å². The molecule has 27 heavy (non-hydrogen) atoms. The van der Waals surface area contributed by atoms with E-state index in [1.807, 2.05) is 6.07 Å². The summed E-state index contributed by atoms with van der Waals surface area (Å²) in [6, 6.07) is 10.8. The molecule has 1 aliphatic heterocycles. The van der Waals surface area contributed by atoms with Crippen molar-refractivity contribution in [3.63, 3.8) is 0 Å². The maximum atomic E-state index is 12.8. The van der Waals surface area contributed by atoms with E-state index in [2.05, 4.69) is 10.6 Å². The van der Waals surface area contributed by atoms with Crippen LogP contribution < -0.4 is 15.4 Å². The van der Waals surface area contributed by atoms with Gasteiger partial charge < -0.3 is 15.4 Å². The van der Waals surface area contributed by atoms with Gasteiger partial charge in [-0.25, -0.2) is 8.42 Å². The summed E-state index contributed by atoms with van der Waals surface area (Å²) in [5.41, 5.74) is 1.85. The molecule has 2 aromatic rings. The first-order valence-electron chi connectivity index (χ1n) is 8.28. The van der Waals surface area contributed by atoms with Gasteiger partial charge in [-0.1, -0.05) is 12.1 Å². The predicted molar refractivity (Wildman–Crippen MR) is 97.0 cm³/mol. The number of halogens is 2. The van der Waals surface area contributed by atoms with Gasteiger partial charge in [0, 0.05) is 18.7 Å².